The van der Waals surface area contributed by atoms with Crippen molar-refractivity contribution in [3.8, 4) is 0 Å². The first kappa shape index (κ1) is 11.3. The zero-order chi connectivity index (χ0) is 11.5. The summed E-state index contributed by atoms with van der Waals surface area (Å²) >= 11 is 0. The molecule has 0 amide bonds. The third-order valence-electron chi connectivity index (χ3n) is 2.74. The van der Waals surface area contributed by atoms with Crippen LogP contribution in [0.1, 0.15) is 0 Å². The van der Waals surface area contributed by atoms with Crippen LogP contribution in [0.25, 0.3) is 0 Å². The average molecular weight is 239 g/mol. The molecule has 1 aromatic rings. The van der Waals surface area contributed by atoms with E-state index in [4.69, 9.17) is 0 Å². The molecular formula is C10H14N3O2P. The van der Waals surface area contributed by atoms with Gasteiger partial charge in [0.05, 0.1) is 4.92 Å². The molecule has 5 nitrogen and oxygen atoms in total. The number of hydrogen-bond acceptors (Lipinski definition) is 4. The lowest BCUT2D eigenvalue weighted by Crippen LogP contribution is -2.42. The molecule has 16 heavy (non-hydrogen) atoms. The highest BCUT2D eigenvalue weighted by Crippen LogP contribution is 2.21. The van der Waals surface area contributed by atoms with Gasteiger partial charge in [0.1, 0.15) is 0 Å². The van der Waals surface area contributed by atoms with Gasteiger partial charge in [0, 0.05) is 44.0 Å². The standard InChI is InChI=1S/C10H14N3O2P/c14-13(15)10-3-1-9(2-4-10)11-5-7-12(16)8-6-11/h1-4H,5-8,16H2. The van der Waals surface area contributed by atoms with Crippen molar-refractivity contribution < 1.29 is 4.92 Å². The van der Waals surface area contributed by atoms with E-state index in [1.807, 2.05) is 12.1 Å². The van der Waals surface area contributed by atoms with Crippen molar-refractivity contribution >= 4 is 20.8 Å². The number of anilines is 1. The second kappa shape index (κ2) is 4.76. The molecular weight excluding hydrogens is 225 g/mol. The topological polar surface area (TPSA) is 49.6 Å². The highest BCUT2D eigenvalue weighted by Gasteiger charge is 2.15. The summed E-state index contributed by atoms with van der Waals surface area (Å²) in [6, 6.07) is 6.75. The SMILES string of the molecule is O=[N+]([O-])c1ccc(N2CCN(P)CC2)cc1. The fourth-order valence-electron chi connectivity index (χ4n) is 1.77. The molecule has 1 saturated heterocycles. The van der Waals surface area contributed by atoms with Gasteiger partial charge in [0.2, 0.25) is 0 Å². The lowest BCUT2D eigenvalue weighted by Gasteiger charge is -2.33. The van der Waals surface area contributed by atoms with Crippen molar-refractivity contribution in [2.45, 2.75) is 0 Å². The Morgan fingerprint density at radius 1 is 1.12 bits per heavy atom. The molecule has 1 unspecified atom stereocenters. The lowest BCUT2D eigenvalue weighted by molar-refractivity contribution is -0.384. The van der Waals surface area contributed by atoms with Crippen LogP contribution >= 0.6 is 9.39 Å². The smallest absolute Gasteiger partial charge is 0.269 e. The van der Waals surface area contributed by atoms with Gasteiger partial charge < -0.3 is 4.90 Å². The van der Waals surface area contributed by atoms with Crippen LogP contribution in [0.3, 0.4) is 0 Å². The zero-order valence-corrected chi connectivity index (χ0v) is 10.0. The van der Waals surface area contributed by atoms with Gasteiger partial charge in [-0.2, -0.15) is 0 Å². The Bertz CT molecular complexity index is 374. The monoisotopic (exact) mass is 239 g/mol. The fourth-order valence-corrected chi connectivity index (χ4v) is 2.00. The van der Waals surface area contributed by atoms with Gasteiger partial charge in [0.25, 0.3) is 5.69 Å². The van der Waals surface area contributed by atoms with E-state index >= 15 is 0 Å². The molecule has 1 aliphatic heterocycles. The van der Waals surface area contributed by atoms with Gasteiger partial charge in [-0.3, -0.25) is 14.8 Å². The molecule has 2 rings (SSSR count). The molecule has 1 atom stereocenters. The minimum atomic E-state index is -0.371. The first-order valence-electron chi connectivity index (χ1n) is 5.16. The van der Waals surface area contributed by atoms with Gasteiger partial charge in [-0.15, -0.1) is 0 Å². The Morgan fingerprint density at radius 3 is 2.19 bits per heavy atom. The first-order valence-corrected chi connectivity index (χ1v) is 5.67. The molecule has 0 N–H and O–H groups in total. The van der Waals surface area contributed by atoms with Crippen LogP contribution in [0.5, 0.6) is 0 Å². The summed E-state index contributed by atoms with van der Waals surface area (Å²) in [5.41, 5.74) is 1.21. The average Bonchev–Trinajstić information content (AvgIpc) is 2.30. The number of non-ortho nitro benzene ring substituents is 1. The van der Waals surface area contributed by atoms with Crippen molar-refractivity contribution in [3.05, 3.63) is 34.4 Å². The molecule has 0 saturated carbocycles. The van der Waals surface area contributed by atoms with Gasteiger partial charge in [-0.05, 0) is 12.1 Å². The summed E-state index contributed by atoms with van der Waals surface area (Å²) in [7, 11) is 2.70. The van der Waals surface area contributed by atoms with E-state index in [2.05, 4.69) is 19.0 Å². The van der Waals surface area contributed by atoms with Crippen molar-refractivity contribution in [2.24, 2.45) is 0 Å². The van der Waals surface area contributed by atoms with Crippen LogP contribution in [0.15, 0.2) is 24.3 Å². The summed E-state index contributed by atoms with van der Waals surface area (Å²) in [5, 5.41) is 10.5. The van der Waals surface area contributed by atoms with Crippen molar-refractivity contribution in [1.82, 2.24) is 4.67 Å². The third kappa shape index (κ3) is 2.49. The predicted octanol–water partition coefficient (Wildman–Crippen LogP) is 1.51. The van der Waals surface area contributed by atoms with Crippen LogP contribution in [0, 0.1) is 10.1 Å². The maximum Gasteiger partial charge on any atom is 0.269 e. The molecule has 1 fully saturated rings. The maximum absolute atomic E-state index is 10.5. The molecule has 0 aliphatic carbocycles. The number of nitro groups is 1. The Balaban J connectivity index is 2.07. The molecule has 1 heterocycles. The van der Waals surface area contributed by atoms with E-state index in [-0.39, 0.29) is 10.6 Å². The first-order chi connectivity index (χ1) is 7.66. The minimum Gasteiger partial charge on any atom is -0.369 e. The summed E-state index contributed by atoms with van der Waals surface area (Å²) < 4.78 is 2.20. The fraction of sp³-hybridized carbons (Fsp3) is 0.400. The lowest BCUT2D eigenvalue weighted by atomic mass is 10.2. The second-order valence-electron chi connectivity index (χ2n) is 3.80. The summed E-state index contributed by atoms with van der Waals surface area (Å²) in [6.45, 7) is 3.92. The molecule has 0 radical (unpaired) electrons. The highest BCUT2D eigenvalue weighted by atomic mass is 31.0. The maximum atomic E-state index is 10.5. The number of nitrogens with zero attached hydrogens (tertiary/aromatic N) is 3. The summed E-state index contributed by atoms with van der Waals surface area (Å²) in [6.07, 6.45) is 0. The van der Waals surface area contributed by atoms with E-state index in [1.54, 1.807) is 12.1 Å². The van der Waals surface area contributed by atoms with Gasteiger partial charge >= 0.3 is 0 Å². The quantitative estimate of drug-likeness (QED) is 0.446. The van der Waals surface area contributed by atoms with Crippen molar-refractivity contribution in [2.75, 3.05) is 31.1 Å². The van der Waals surface area contributed by atoms with E-state index < -0.39 is 0 Å². The highest BCUT2D eigenvalue weighted by molar-refractivity contribution is 7.13. The Morgan fingerprint density at radius 2 is 1.69 bits per heavy atom. The Hall–Kier alpha value is -1.19. The van der Waals surface area contributed by atoms with E-state index in [1.165, 1.54) is 0 Å². The van der Waals surface area contributed by atoms with Gasteiger partial charge in [0.15, 0.2) is 0 Å². The number of piperazine rings is 1. The second-order valence-corrected chi connectivity index (χ2v) is 4.53. The molecule has 0 aromatic heterocycles. The van der Waals surface area contributed by atoms with Crippen LogP contribution in [0.4, 0.5) is 11.4 Å². The van der Waals surface area contributed by atoms with Crippen LogP contribution in [-0.4, -0.2) is 35.8 Å². The zero-order valence-electron chi connectivity index (χ0n) is 8.87. The van der Waals surface area contributed by atoms with E-state index in [9.17, 15) is 10.1 Å². The largest absolute Gasteiger partial charge is 0.369 e. The van der Waals surface area contributed by atoms with Gasteiger partial charge in [-0.25, -0.2) is 0 Å². The molecule has 0 bridgehead atoms. The number of benzene rings is 1. The molecule has 6 heteroatoms. The molecule has 1 aliphatic rings. The Kier molecular flexibility index (Phi) is 3.36. The molecule has 86 valence electrons. The molecule has 1 aromatic carbocycles. The number of nitro benzene ring substituents is 1. The normalized spacial score (nSPS) is 17.4. The summed E-state index contributed by atoms with van der Waals surface area (Å²) in [4.78, 5) is 12.4. The van der Waals surface area contributed by atoms with Crippen LogP contribution in [-0.2, 0) is 0 Å². The number of rotatable bonds is 2. The van der Waals surface area contributed by atoms with Gasteiger partial charge in [-0.1, -0.05) is 9.39 Å². The third-order valence-corrected chi connectivity index (χ3v) is 3.26. The predicted molar refractivity (Wildman–Crippen MR) is 66.6 cm³/mol. The minimum absolute atomic E-state index is 0.147. The van der Waals surface area contributed by atoms with Crippen LogP contribution < -0.4 is 4.90 Å². The van der Waals surface area contributed by atoms with Crippen LogP contribution in [0.2, 0.25) is 0 Å². The molecule has 0 spiro atoms. The Labute approximate surface area is 96.4 Å². The van der Waals surface area contributed by atoms with Crippen molar-refractivity contribution in [3.63, 3.8) is 0 Å². The van der Waals surface area contributed by atoms with E-state index in [0.717, 1.165) is 31.9 Å². The summed E-state index contributed by atoms with van der Waals surface area (Å²) in [5.74, 6) is 0. The number of hydrogen-bond donors (Lipinski definition) is 0. The van der Waals surface area contributed by atoms with E-state index in [0.29, 0.717) is 0 Å². The van der Waals surface area contributed by atoms with Crippen molar-refractivity contribution in [1.29, 1.82) is 0 Å².